The lowest BCUT2D eigenvalue weighted by Crippen LogP contribution is -2.18. The summed E-state index contributed by atoms with van der Waals surface area (Å²) in [6, 6.07) is 7.11. The fourth-order valence-corrected chi connectivity index (χ4v) is 1.75. The van der Waals surface area contributed by atoms with Crippen LogP contribution in [0, 0.1) is 5.92 Å². The molecule has 0 aliphatic carbocycles. The first-order valence-electron chi connectivity index (χ1n) is 6.31. The number of methoxy groups -OCH3 is 1. The molecule has 0 spiro atoms. The third kappa shape index (κ3) is 6.49. The molecular formula is C14H20N2O3S. The second-order valence-corrected chi connectivity index (χ2v) is 5.12. The van der Waals surface area contributed by atoms with E-state index in [4.69, 9.17) is 27.4 Å². The molecule has 0 saturated heterocycles. The summed E-state index contributed by atoms with van der Waals surface area (Å²) in [5, 5.41) is 2.82. The molecule has 0 aliphatic rings. The molecule has 0 aromatic heterocycles. The number of nitrogens with two attached hydrogens (primary N) is 1. The van der Waals surface area contributed by atoms with E-state index in [-0.39, 0.29) is 23.4 Å². The van der Waals surface area contributed by atoms with Gasteiger partial charge >= 0.3 is 0 Å². The zero-order chi connectivity index (χ0) is 15.0. The molecule has 5 nitrogen and oxygen atoms in total. The summed E-state index contributed by atoms with van der Waals surface area (Å²) in [5.41, 5.74) is 6.05. The van der Waals surface area contributed by atoms with Gasteiger partial charge in [-0.2, -0.15) is 0 Å². The molecule has 110 valence electrons. The number of ether oxygens (including phenoxy) is 2. The minimum atomic E-state index is -0.0546. The van der Waals surface area contributed by atoms with Crippen LogP contribution < -0.4 is 15.8 Å². The Morgan fingerprint density at radius 1 is 1.50 bits per heavy atom. The van der Waals surface area contributed by atoms with Gasteiger partial charge in [0.2, 0.25) is 5.91 Å². The van der Waals surface area contributed by atoms with Crippen molar-refractivity contribution >= 4 is 28.8 Å². The van der Waals surface area contributed by atoms with E-state index in [0.29, 0.717) is 24.5 Å². The highest BCUT2D eigenvalue weighted by Crippen LogP contribution is 2.18. The summed E-state index contributed by atoms with van der Waals surface area (Å²) >= 11 is 4.74. The van der Waals surface area contributed by atoms with Crippen molar-refractivity contribution in [2.45, 2.75) is 13.3 Å². The highest BCUT2D eigenvalue weighted by atomic mass is 32.1. The molecule has 0 heterocycles. The standard InChI is InChI=1S/C14H20N2O3S/c1-10(8-18-2)6-14(17)16-11-4-3-5-12(7-11)19-9-13(15)20/h3-5,7,10H,6,8-9H2,1-2H3,(H2,15,20)(H,16,17). The van der Waals surface area contributed by atoms with Crippen LogP contribution in [-0.2, 0) is 9.53 Å². The van der Waals surface area contributed by atoms with Crippen LogP contribution in [0.15, 0.2) is 24.3 Å². The molecule has 3 N–H and O–H groups in total. The topological polar surface area (TPSA) is 73.6 Å². The number of rotatable bonds is 8. The Morgan fingerprint density at radius 3 is 2.90 bits per heavy atom. The summed E-state index contributed by atoms with van der Waals surface area (Å²) in [5.74, 6) is 0.732. The first kappa shape index (κ1) is 16.4. The van der Waals surface area contributed by atoms with E-state index in [1.54, 1.807) is 31.4 Å². The van der Waals surface area contributed by atoms with Crippen molar-refractivity contribution < 1.29 is 14.3 Å². The minimum Gasteiger partial charge on any atom is -0.486 e. The van der Waals surface area contributed by atoms with Gasteiger partial charge in [0.15, 0.2) is 0 Å². The number of hydrogen-bond acceptors (Lipinski definition) is 4. The number of thiocarbonyl (C=S) groups is 1. The van der Waals surface area contributed by atoms with Crippen LogP contribution in [0.25, 0.3) is 0 Å². The Kier molecular flexibility index (Phi) is 6.97. The maximum Gasteiger partial charge on any atom is 0.224 e. The monoisotopic (exact) mass is 296 g/mol. The molecule has 1 aromatic rings. The largest absolute Gasteiger partial charge is 0.486 e. The molecular weight excluding hydrogens is 276 g/mol. The molecule has 1 aromatic carbocycles. The van der Waals surface area contributed by atoms with Gasteiger partial charge in [-0.25, -0.2) is 0 Å². The Morgan fingerprint density at radius 2 is 2.25 bits per heavy atom. The molecule has 1 unspecified atom stereocenters. The van der Waals surface area contributed by atoms with E-state index >= 15 is 0 Å². The highest BCUT2D eigenvalue weighted by molar-refractivity contribution is 7.80. The Balaban J connectivity index is 2.52. The highest BCUT2D eigenvalue weighted by Gasteiger charge is 2.09. The lowest BCUT2D eigenvalue weighted by molar-refractivity contribution is -0.117. The van der Waals surface area contributed by atoms with E-state index < -0.39 is 0 Å². The van der Waals surface area contributed by atoms with Crippen LogP contribution in [-0.4, -0.2) is 31.2 Å². The van der Waals surface area contributed by atoms with Gasteiger partial charge in [0.05, 0.1) is 0 Å². The van der Waals surface area contributed by atoms with Gasteiger partial charge in [0.1, 0.15) is 17.3 Å². The van der Waals surface area contributed by atoms with Crippen LogP contribution in [0.2, 0.25) is 0 Å². The van der Waals surface area contributed by atoms with Crippen molar-refractivity contribution in [3.05, 3.63) is 24.3 Å². The van der Waals surface area contributed by atoms with E-state index in [1.807, 2.05) is 6.92 Å². The average molecular weight is 296 g/mol. The zero-order valence-electron chi connectivity index (χ0n) is 11.7. The molecule has 1 atom stereocenters. The number of anilines is 1. The number of carbonyl (C=O) groups is 1. The number of hydrogen-bond donors (Lipinski definition) is 2. The molecule has 6 heteroatoms. The Bertz CT molecular complexity index is 465. The Labute approximate surface area is 124 Å². The van der Waals surface area contributed by atoms with E-state index in [2.05, 4.69) is 5.32 Å². The Hall–Kier alpha value is -1.66. The van der Waals surface area contributed by atoms with Crippen LogP contribution in [0.5, 0.6) is 5.75 Å². The average Bonchev–Trinajstić information content (AvgIpc) is 2.36. The first-order chi connectivity index (χ1) is 9.51. The van der Waals surface area contributed by atoms with Crippen LogP contribution >= 0.6 is 12.2 Å². The molecule has 1 amide bonds. The summed E-state index contributed by atoms with van der Waals surface area (Å²) in [7, 11) is 1.62. The molecule has 0 fully saturated rings. The first-order valence-corrected chi connectivity index (χ1v) is 6.72. The third-order valence-corrected chi connectivity index (χ3v) is 2.60. The van der Waals surface area contributed by atoms with Crippen molar-refractivity contribution in [2.24, 2.45) is 11.7 Å². The van der Waals surface area contributed by atoms with Crippen molar-refractivity contribution in [1.82, 2.24) is 0 Å². The normalized spacial score (nSPS) is 11.7. The van der Waals surface area contributed by atoms with Crippen molar-refractivity contribution in [3.8, 4) is 5.75 Å². The quantitative estimate of drug-likeness (QED) is 0.717. The van der Waals surface area contributed by atoms with Crippen LogP contribution in [0.4, 0.5) is 5.69 Å². The van der Waals surface area contributed by atoms with Crippen LogP contribution in [0.3, 0.4) is 0 Å². The van der Waals surface area contributed by atoms with E-state index in [1.165, 1.54) is 0 Å². The predicted octanol–water partition coefficient (Wildman–Crippen LogP) is 1.96. The van der Waals surface area contributed by atoms with Gasteiger partial charge in [-0.05, 0) is 18.1 Å². The van der Waals surface area contributed by atoms with Gasteiger partial charge in [0.25, 0.3) is 0 Å². The summed E-state index contributed by atoms with van der Waals surface area (Å²) in [6.45, 7) is 2.70. The second kappa shape index (κ2) is 8.50. The zero-order valence-corrected chi connectivity index (χ0v) is 12.5. The number of benzene rings is 1. The molecule has 0 radical (unpaired) electrons. The maximum atomic E-state index is 11.8. The van der Waals surface area contributed by atoms with Crippen molar-refractivity contribution in [1.29, 1.82) is 0 Å². The summed E-state index contributed by atoms with van der Waals surface area (Å²) in [4.78, 5) is 12.1. The van der Waals surface area contributed by atoms with Gasteiger partial charge in [-0.15, -0.1) is 0 Å². The molecule has 20 heavy (non-hydrogen) atoms. The fraction of sp³-hybridized carbons (Fsp3) is 0.429. The summed E-state index contributed by atoms with van der Waals surface area (Å²) < 4.78 is 10.4. The minimum absolute atomic E-state index is 0.0546. The molecule has 0 bridgehead atoms. The van der Waals surface area contributed by atoms with Gasteiger partial charge in [-0.3, -0.25) is 4.79 Å². The lowest BCUT2D eigenvalue weighted by Gasteiger charge is -2.11. The molecule has 1 rings (SSSR count). The van der Waals surface area contributed by atoms with Gasteiger partial charge in [-0.1, -0.05) is 25.2 Å². The summed E-state index contributed by atoms with van der Waals surface area (Å²) in [6.07, 6.45) is 0.409. The van der Waals surface area contributed by atoms with E-state index in [9.17, 15) is 4.79 Å². The maximum absolute atomic E-state index is 11.8. The van der Waals surface area contributed by atoms with E-state index in [0.717, 1.165) is 0 Å². The number of amides is 1. The van der Waals surface area contributed by atoms with Gasteiger partial charge in [0, 0.05) is 31.9 Å². The van der Waals surface area contributed by atoms with Crippen LogP contribution in [0.1, 0.15) is 13.3 Å². The van der Waals surface area contributed by atoms with Crippen molar-refractivity contribution in [3.63, 3.8) is 0 Å². The smallest absolute Gasteiger partial charge is 0.224 e. The fourth-order valence-electron chi connectivity index (χ4n) is 1.69. The van der Waals surface area contributed by atoms with Crippen molar-refractivity contribution in [2.75, 3.05) is 25.6 Å². The van der Waals surface area contributed by atoms with Gasteiger partial charge < -0.3 is 20.5 Å². The third-order valence-electron chi connectivity index (χ3n) is 2.48. The molecule has 0 saturated carbocycles. The predicted molar refractivity (Wildman–Crippen MR) is 83.0 cm³/mol. The lowest BCUT2D eigenvalue weighted by atomic mass is 10.1. The molecule has 0 aliphatic heterocycles. The number of nitrogens with one attached hydrogen (secondary N) is 1. The SMILES string of the molecule is COCC(C)CC(=O)Nc1cccc(OCC(N)=S)c1. The number of carbonyl (C=O) groups excluding carboxylic acids is 1. The second-order valence-electron chi connectivity index (χ2n) is 4.60.